The Bertz CT molecular complexity index is 1350. The lowest BCUT2D eigenvalue weighted by Crippen LogP contribution is -2.36. The van der Waals surface area contributed by atoms with Crippen LogP contribution in [-0.4, -0.2) is 21.7 Å². The van der Waals surface area contributed by atoms with Crippen LogP contribution in [-0.2, 0) is 22.6 Å². The summed E-state index contributed by atoms with van der Waals surface area (Å²) in [5, 5.41) is 15.1. The predicted octanol–water partition coefficient (Wildman–Crippen LogP) is 2.78. The molecule has 0 aliphatic heterocycles. The maximum absolute atomic E-state index is 12.1. The van der Waals surface area contributed by atoms with Gasteiger partial charge in [-0.05, 0) is 61.8 Å². The molecule has 0 saturated heterocycles. The van der Waals surface area contributed by atoms with Gasteiger partial charge in [-0.2, -0.15) is 0 Å². The molecule has 0 spiro atoms. The highest BCUT2D eigenvalue weighted by molar-refractivity contribution is 5.82. The normalized spacial score (nSPS) is 14.0. The van der Waals surface area contributed by atoms with Crippen molar-refractivity contribution in [1.82, 2.24) is 10.3 Å². The van der Waals surface area contributed by atoms with Crippen molar-refractivity contribution in [2.75, 3.05) is 0 Å². The van der Waals surface area contributed by atoms with Gasteiger partial charge in [-0.15, -0.1) is 0 Å². The van der Waals surface area contributed by atoms with Gasteiger partial charge in [-0.3, -0.25) is 14.4 Å². The average molecular weight is 447 g/mol. The monoisotopic (exact) mass is 446 g/mol. The molecule has 1 aliphatic carbocycles. The molecule has 3 N–H and O–H groups in total. The molecule has 1 heterocycles. The third-order valence-corrected chi connectivity index (χ3v) is 5.68. The van der Waals surface area contributed by atoms with Crippen LogP contribution in [0.25, 0.3) is 23.2 Å². The number of aliphatic hydroxyl groups excluding tert-OH is 1. The van der Waals surface area contributed by atoms with Crippen molar-refractivity contribution in [2.45, 2.75) is 46.6 Å². The van der Waals surface area contributed by atoms with Gasteiger partial charge in [0.25, 0.3) is 5.56 Å². The summed E-state index contributed by atoms with van der Waals surface area (Å²) in [6, 6.07) is 13.3. The average Bonchev–Trinajstić information content (AvgIpc) is 3.63. The molecule has 0 radical (unpaired) electrons. The first-order valence-electron chi connectivity index (χ1n) is 11.1. The molecule has 6 nitrogen and oxygen atoms in total. The van der Waals surface area contributed by atoms with Gasteiger partial charge in [-0.1, -0.05) is 36.4 Å². The second kappa shape index (κ2) is 10.8. The molecule has 3 aromatic rings. The lowest BCUT2D eigenvalue weighted by Gasteiger charge is -2.08. The zero-order chi connectivity index (χ0) is 24.0. The largest absolute Gasteiger partial charge is 0.513 e. The predicted molar refractivity (Wildman–Crippen MR) is 131 cm³/mol. The molecule has 0 bridgehead atoms. The van der Waals surface area contributed by atoms with Crippen LogP contribution in [0, 0.1) is 12.8 Å². The number of Topliss-reactive ketones (excluding diaryl/α,β-unsaturated/α-hetero) is 2. The van der Waals surface area contributed by atoms with Crippen molar-refractivity contribution in [2.24, 2.45) is 5.92 Å². The van der Waals surface area contributed by atoms with Gasteiger partial charge in [0.1, 0.15) is 17.8 Å². The van der Waals surface area contributed by atoms with Crippen molar-refractivity contribution < 1.29 is 14.7 Å². The zero-order valence-corrected chi connectivity index (χ0v) is 19.3. The first-order valence-corrected chi connectivity index (χ1v) is 11.1. The summed E-state index contributed by atoms with van der Waals surface area (Å²) < 4.78 is 0. The van der Waals surface area contributed by atoms with Gasteiger partial charge in [-0.25, -0.2) is 0 Å². The Balaban J connectivity index is 0.000000442. The lowest BCUT2D eigenvalue weighted by atomic mass is 10.0. The minimum Gasteiger partial charge on any atom is -0.513 e. The SMILES string of the molecule is CC(=O)C1CC1.CC(=O)Cc1ccc(CN/C=c2\c(=CO)[nH]c(=O)c3ccccc23)cc1C. The highest BCUT2D eigenvalue weighted by atomic mass is 16.2. The van der Waals surface area contributed by atoms with Crippen molar-refractivity contribution in [3.05, 3.63) is 80.1 Å². The molecule has 1 aliphatic rings. The molecule has 6 heteroatoms. The Morgan fingerprint density at radius 2 is 1.82 bits per heavy atom. The van der Waals surface area contributed by atoms with E-state index in [1.165, 1.54) is 0 Å². The van der Waals surface area contributed by atoms with E-state index in [-0.39, 0.29) is 11.3 Å². The molecule has 172 valence electrons. The van der Waals surface area contributed by atoms with E-state index in [1.54, 1.807) is 26.1 Å². The summed E-state index contributed by atoms with van der Waals surface area (Å²) in [6.07, 6.45) is 5.44. The van der Waals surface area contributed by atoms with Gasteiger partial charge in [0.2, 0.25) is 0 Å². The number of benzene rings is 2. The van der Waals surface area contributed by atoms with Crippen molar-refractivity contribution in [3.63, 3.8) is 0 Å². The summed E-state index contributed by atoms with van der Waals surface area (Å²) in [6.45, 7) is 5.84. The number of H-pyrrole nitrogens is 1. The van der Waals surface area contributed by atoms with Crippen LogP contribution < -0.4 is 21.4 Å². The van der Waals surface area contributed by atoms with Crippen LogP contribution >= 0.6 is 0 Å². The zero-order valence-electron chi connectivity index (χ0n) is 19.3. The Kier molecular flexibility index (Phi) is 7.83. The van der Waals surface area contributed by atoms with E-state index < -0.39 is 0 Å². The van der Waals surface area contributed by atoms with Crippen molar-refractivity contribution in [1.29, 1.82) is 0 Å². The van der Waals surface area contributed by atoms with Crippen LogP contribution in [0.15, 0.2) is 47.3 Å². The highest BCUT2D eigenvalue weighted by Crippen LogP contribution is 2.29. The van der Waals surface area contributed by atoms with E-state index in [0.29, 0.717) is 35.4 Å². The number of aliphatic hydroxyl groups is 1. The summed E-state index contributed by atoms with van der Waals surface area (Å²) >= 11 is 0. The van der Waals surface area contributed by atoms with Gasteiger partial charge >= 0.3 is 0 Å². The second-order valence-electron chi connectivity index (χ2n) is 8.51. The van der Waals surface area contributed by atoms with Gasteiger partial charge in [0.15, 0.2) is 0 Å². The summed E-state index contributed by atoms with van der Waals surface area (Å²) in [4.78, 5) is 36.3. The fourth-order valence-corrected chi connectivity index (χ4v) is 3.67. The lowest BCUT2D eigenvalue weighted by molar-refractivity contribution is -0.118. The van der Waals surface area contributed by atoms with Crippen molar-refractivity contribution in [3.8, 4) is 0 Å². The van der Waals surface area contributed by atoms with E-state index in [1.807, 2.05) is 37.3 Å². The number of carbonyl (C=O) groups excluding carboxylic acids is 2. The number of ketones is 2. The number of pyridine rings is 1. The number of aromatic nitrogens is 1. The number of aryl methyl sites for hydroxylation is 1. The first kappa shape index (κ1) is 24.0. The molecule has 4 rings (SSSR count). The molecule has 33 heavy (non-hydrogen) atoms. The van der Waals surface area contributed by atoms with Crippen LogP contribution in [0.5, 0.6) is 0 Å². The summed E-state index contributed by atoms with van der Waals surface area (Å²) in [7, 11) is 0. The number of fused-ring (bicyclic) bond motifs is 1. The van der Waals surface area contributed by atoms with Crippen LogP contribution in [0.3, 0.4) is 0 Å². The number of rotatable bonds is 6. The van der Waals surface area contributed by atoms with Crippen LogP contribution in [0.2, 0.25) is 0 Å². The molecular formula is C27H30N2O4. The molecule has 1 aromatic heterocycles. The van der Waals surface area contributed by atoms with Gasteiger partial charge < -0.3 is 15.4 Å². The molecule has 2 aromatic carbocycles. The standard InChI is InChI=1S/C22H22N2O3.C5H8O/c1-14-9-16(7-8-17(14)10-15(2)26)11-23-12-20-18-5-3-4-6-19(18)22(27)24-21(20)13-25;1-4(6)5-2-3-5/h3-9,12-13,23,25H,10-11H2,1-2H3,(H,24,27);5H,2-3H2,1H3/b20-12-,21-13?;. The fraction of sp³-hybridized carbons (Fsp3) is 0.296. The van der Waals surface area contributed by atoms with E-state index in [2.05, 4.69) is 16.4 Å². The quantitative estimate of drug-likeness (QED) is 0.541. The van der Waals surface area contributed by atoms with E-state index in [0.717, 1.165) is 46.4 Å². The van der Waals surface area contributed by atoms with E-state index in [4.69, 9.17) is 0 Å². The molecular weight excluding hydrogens is 416 g/mol. The number of carbonyl (C=O) groups is 2. The molecule has 0 amide bonds. The third-order valence-electron chi connectivity index (χ3n) is 5.68. The maximum Gasteiger partial charge on any atom is 0.256 e. The minimum absolute atomic E-state index is 0.148. The number of hydrogen-bond acceptors (Lipinski definition) is 5. The fourth-order valence-electron chi connectivity index (χ4n) is 3.67. The van der Waals surface area contributed by atoms with Crippen LogP contribution in [0.4, 0.5) is 0 Å². The smallest absolute Gasteiger partial charge is 0.256 e. The first-order chi connectivity index (χ1) is 15.8. The summed E-state index contributed by atoms with van der Waals surface area (Å²) in [5.41, 5.74) is 2.97. The maximum atomic E-state index is 12.1. The van der Waals surface area contributed by atoms with Gasteiger partial charge in [0.05, 0.1) is 5.35 Å². The molecule has 0 atom stereocenters. The van der Waals surface area contributed by atoms with Crippen LogP contribution in [0.1, 0.15) is 43.4 Å². The Morgan fingerprint density at radius 1 is 1.12 bits per heavy atom. The Labute approximate surface area is 192 Å². The summed E-state index contributed by atoms with van der Waals surface area (Å²) in [5.74, 6) is 0.982. The minimum atomic E-state index is -0.236. The topological polar surface area (TPSA) is 99.3 Å². The van der Waals surface area contributed by atoms with E-state index >= 15 is 0 Å². The number of nitrogens with one attached hydrogen (secondary N) is 2. The van der Waals surface area contributed by atoms with E-state index in [9.17, 15) is 19.5 Å². The van der Waals surface area contributed by atoms with Gasteiger partial charge in [0, 0.05) is 35.7 Å². The third kappa shape index (κ3) is 6.42. The van der Waals surface area contributed by atoms with Crippen molar-refractivity contribution >= 4 is 34.8 Å². The Hall–Kier alpha value is -3.67. The molecule has 1 fully saturated rings. The Morgan fingerprint density at radius 3 is 2.36 bits per heavy atom. The highest BCUT2D eigenvalue weighted by Gasteiger charge is 2.25. The second-order valence-corrected chi connectivity index (χ2v) is 8.51. The molecule has 0 unspecified atom stereocenters. The molecule has 1 saturated carbocycles. The number of aromatic amines is 1. The number of hydrogen-bond donors (Lipinski definition) is 3.